The van der Waals surface area contributed by atoms with Gasteiger partial charge in [0.05, 0.1) is 11.9 Å². The second kappa shape index (κ2) is 13.0. The largest absolute Gasteiger partial charge is 0.457 e. The van der Waals surface area contributed by atoms with Crippen LogP contribution >= 0.6 is 23.2 Å². The van der Waals surface area contributed by atoms with Gasteiger partial charge < -0.3 is 15.0 Å². The summed E-state index contributed by atoms with van der Waals surface area (Å²) < 4.78 is 32.2. The normalized spacial score (nSPS) is 11.9. The molecule has 0 radical (unpaired) electrons. The van der Waals surface area contributed by atoms with Gasteiger partial charge in [0.1, 0.15) is 24.1 Å². The van der Waals surface area contributed by atoms with Crippen LogP contribution in [0.25, 0.3) is 0 Å². The Balaban J connectivity index is 1.89. The van der Waals surface area contributed by atoms with Gasteiger partial charge in [-0.25, -0.2) is 8.42 Å². The van der Waals surface area contributed by atoms with Gasteiger partial charge >= 0.3 is 0 Å². The Morgan fingerprint density at radius 3 is 2.05 bits per heavy atom. The third-order valence-corrected chi connectivity index (χ3v) is 7.54. The second-order valence-corrected chi connectivity index (χ2v) is 11.2. The number of amides is 2. The molecule has 3 aromatic carbocycles. The van der Waals surface area contributed by atoms with Crippen LogP contribution in [0.5, 0.6) is 11.5 Å². The number of benzene rings is 3. The highest BCUT2D eigenvalue weighted by Crippen LogP contribution is 2.28. The van der Waals surface area contributed by atoms with Crippen molar-refractivity contribution in [1.29, 1.82) is 0 Å². The summed E-state index contributed by atoms with van der Waals surface area (Å²) in [5.41, 5.74) is 0.719. The van der Waals surface area contributed by atoms with Crippen molar-refractivity contribution >= 4 is 50.7 Å². The van der Waals surface area contributed by atoms with Crippen LogP contribution in [0.4, 0.5) is 5.69 Å². The maximum Gasteiger partial charge on any atom is 0.244 e. The summed E-state index contributed by atoms with van der Waals surface area (Å²) in [5, 5.41) is 3.35. The molecule has 3 aromatic rings. The lowest BCUT2D eigenvalue weighted by Gasteiger charge is -2.31. The molecule has 0 aliphatic carbocycles. The smallest absolute Gasteiger partial charge is 0.244 e. The van der Waals surface area contributed by atoms with Crippen LogP contribution in [0.1, 0.15) is 19.4 Å². The van der Waals surface area contributed by atoms with Crippen molar-refractivity contribution in [2.24, 2.45) is 0 Å². The number of hydrogen-bond acceptors (Lipinski definition) is 5. The molecule has 0 heterocycles. The Morgan fingerprint density at radius 1 is 0.921 bits per heavy atom. The van der Waals surface area contributed by atoms with Crippen LogP contribution in [-0.2, 0) is 26.2 Å². The molecule has 38 heavy (non-hydrogen) atoms. The summed E-state index contributed by atoms with van der Waals surface area (Å²) in [4.78, 5) is 27.5. The predicted octanol–water partition coefficient (Wildman–Crippen LogP) is 5.11. The van der Waals surface area contributed by atoms with Crippen LogP contribution in [0.2, 0.25) is 10.0 Å². The van der Waals surface area contributed by atoms with E-state index in [0.29, 0.717) is 33.7 Å². The molecule has 202 valence electrons. The van der Waals surface area contributed by atoms with Crippen molar-refractivity contribution in [1.82, 2.24) is 10.2 Å². The first kappa shape index (κ1) is 29.3. The number of sulfonamides is 1. The van der Waals surface area contributed by atoms with E-state index in [1.54, 1.807) is 68.4 Å². The standard InChI is InChI=1S/C27H29Cl2N3O5S/c1-4-30-27(34)19(2)31(17-23-24(28)11-8-12-25(23)29)26(33)18-32(38(3,35)36)20-13-15-22(16-14-20)37-21-9-6-5-7-10-21/h5-16,19H,4,17-18H2,1-3H3,(H,30,34)/t19-/m0/s1. The highest BCUT2D eigenvalue weighted by molar-refractivity contribution is 7.92. The number of para-hydroxylation sites is 1. The van der Waals surface area contributed by atoms with Gasteiger partial charge in [0.2, 0.25) is 21.8 Å². The Kier molecular flexibility index (Phi) is 10.0. The average molecular weight is 579 g/mol. The van der Waals surface area contributed by atoms with Crippen molar-refractivity contribution in [2.45, 2.75) is 26.4 Å². The maximum atomic E-state index is 13.6. The summed E-state index contributed by atoms with van der Waals surface area (Å²) >= 11 is 12.7. The molecule has 0 saturated heterocycles. The van der Waals surface area contributed by atoms with Crippen LogP contribution < -0.4 is 14.4 Å². The van der Waals surface area contributed by atoms with Crippen molar-refractivity contribution in [3.05, 3.63) is 88.4 Å². The molecule has 0 saturated carbocycles. The number of anilines is 1. The fourth-order valence-electron chi connectivity index (χ4n) is 3.68. The summed E-state index contributed by atoms with van der Waals surface area (Å²) in [5.74, 6) is 0.135. The molecule has 0 aromatic heterocycles. The average Bonchev–Trinajstić information content (AvgIpc) is 2.87. The number of nitrogens with zero attached hydrogens (tertiary/aromatic N) is 2. The zero-order chi connectivity index (χ0) is 27.9. The minimum atomic E-state index is -3.87. The van der Waals surface area contributed by atoms with Gasteiger partial charge in [-0.1, -0.05) is 47.5 Å². The number of hydrogen-bond donors (Lipinski definition) is 1. The van der Waals surface area contributed by atoms with E-state index in [0.717, 1.165) is 10.6 Å². The topological polar surface area (TPSA) is 96.0 Å². The number of halogens is 2. The fraction of sp³-hybridized carbons (Fsp3) is 0.259. The number of likely N-dealkylation sites (N-methyl/N-ethyl adjacent to an activating group) is 1. The van der Waals surface area contributed by atoms with Gasteiger partial charge in [-0.15, -0.1) is 0 Å². The lowest BCUT2D eigenvalue weighted by molar-refractivity contribution is -0.139. The summed E-state index contributed by atoms with van der Waals surface area (Å²) in [7, 11) is -3.87. The summed E-state index contributed by atoms with van der Waals surface area (Å²) in [6.45, 7) is 3.07. The number of carbonyl (C=O) groups excluding carboxylic acids is 2. The summed E-state index contributed by atoms with van der Waals surface area (Å²) in [6, 6.07) is 19.5. The van der Waals surface area contributed by atoms with Crippen molar-refractivity contribution < 1.29 is 22.7 Å². The SMILES string of the molecule is CCNC(=O)[C@H](C)N(Cc1c(Cl)cccc1Cl)C(=O)CN(c1ccc(Oc2ccccc2)cc1)S(C)(=O)=O. The predicted molar refractivity (Wildman–Crippen MR) is 150 cm³/mol. The molecular weight excluding hydrogens is 549 g/mol. The number of ether oxygens (including phenoxy) is 1. The first-order valence-corrected chi connectivity index (χ1v) is 14.4. The van der Waals surface area contributed by atoms with Crippen molar-refractivity contribution in [3.63, 3.8) is 0 Å². The minimum absolute atomic E-state index is 0.0862. The van der Waals surface area contributed by atoms with Crippen LogP contribution in [0.15, 0.2) is 72.8 Å². The number of rotatable bonds is 11. The lowest BCUT2D eigenvalue weighted by atomic mass is 10.1. The maximum absolute atomic E-state index is 13.6. The lowest BCUT2D eigenvalue weighted by Crippen LogP contribution is -2.51. The molecule has 0 aliphatic rings. The van der Waals surface area contributed by atoms with Crippen LogP contribution in [-0.4, -0.2) is 50.5 Å². The summed E-state index contributed by atoms with van der Waals surface area (Å²) in [6.07, 6.45) is 1.01. The number of nitrogens with one attached hydrogen (secondary N) is 1. The molecule has 11 heteroatoms. The van der Waals surface area contributed by atoms with E-state index in [1.165, 1.54) is 4.90 Å². The molecule has 8 nitrogen and oxygen atoms in total. The molecule has 0 aliphatic heterocycles. The van der Waals surface area contributed by atoms with Gasteiger partial charge in [0, 0.05) is 28.7 Å². The van der Waals surface area contributed by atoms with E-state index < -0.39 is 34.4 Å². The highest BCUT2D eigenvalue weighted by Gasteiger charge is 2.30. The van der Waals surface area contributed by atoms with E-state index in [-0.39, 0.29) is 12.2 Å². The van der Waals surface area contributed by atoms with E-state index >= 15 is 0 Å². The first-order valence-electron chi connectivity index (χ1n) is 11.8. The molecule has 3 rings (SSSR count). The number of carbonyl (C=O) groups is 2. The third kappa shape index (κ3) is 7.63. The van der Waals surface area contributed by atoms with Gasteiger partial charge in [-0.05, 0) is 62.4 Å². The van der Waals surface area contributed by atoms with E-state index in [4.69, 9.17) is 27.9 Å². The van der Waals surface area contributed by atoms with Gasteiger partial charge in [-0.2, -0.15) is 0 Å². The van der Waals surface area contributed by atoms with E-state index in [1.807, 2.05) is 18.2 Å². The molecular formula is C27H29Cl2N3O5S. The quantitative estimate of drug-likeness (QED) is 0.342. The Bertz CT molecular complexity index is 1350. The van der Waals surface area contributed by atoms with Crippen molar-refractivity contribution in [2.75, 3.05) is 23.7 Å². The Morgan fingerprint density at radius 2 is 1.50 bits per heavy atom. The molecule has 1 atom stereocenters. The molecule has 0 bridgehead atoms. The molecule has 0 spiro atoms. The van der Waals surface area contributed by atoms with Crippen LogP contribution in [0, 0.1) is 0 Å². The van der Waals surface area contributed by atoms with E-state index in [9.17, 15) is 18.0 Å². The molecule has 0 fully saturated rings. The molecule has 1 N–H and O–H groups in total. The molecule has 0 unspecified atom stereocenters. The fourth-order valence-corrected chi connectivity index (χ4v) is 5.04. The van der Waals surface area contributed by atoms with Crippen molar-refractivity contribution in [3.8, 4) is 11.5 Å². The second-order valence-electron chi connectivity index (χ2n) is 8.47. The molecule has 2 amide bonds. The van der Waals surface area contributed by atoms with Crippen LogP contribution in [0.3, 0.4) is 0 Å². The van der Waals surface area contributed by atoms with E-state index in [2.05, 4.69) is 5.32 Å². The monoisotopic (exact) mass is 577 g/mol. The zero-order valence-electron chi connectivity index (χ0n) is 21.2. The first-order chi connectivity index (χ1) is 18.0. The highest BCUT2D eigenvalue weighted by atomic mass is 35.5. The van der Waals surface area contributed by atoms with Gasteiger partial charge in [-0.3, -0.25) is 13.9 Å². The Hall–Kier alpha value is -3.27. The Labute approximate surface area is 233 Å². The third-order valence-electron chi connectivity index (χ3n) is 5.69. The zero-order valence-corrected chi connectivity index (χ0v) is 23.6. The van der Waals surface area contributed by atoms with Gasteiger partial charge in [0.25, 0.3) is 0 Å². The minimum Gasteiger partial charge on any atom is -0.457 e. The van der Waals surface area contributed by atoms with Gasteiger partial charge in [0.15, 0.2) is 0 Å².